The molecule has 0 aliphatic heterocycles. The number of halogens is 1. The van der Waals surface area contributed by atoms with E-state index in [-0.39, 0.29) is 5.78 Å². The van der Waals surface area contributed by atoms with Gasteiger partial charge in [0.1, 0.15) is 0 Å². The van der Waals surface area contributed by atoms with E-state index in [4.69, 9.17) is 0 Å². The lowest BCUT2D eigenvalue weighted by Crippen LogP contribution is -2.04. The molecule has 1 heterocycles. The highest BCUT2D eigenvalue weighted by molar-refractivity contribution is 9.10. The van der Waals surface area contributed by atoms with Crippen molar-refractivity contribution in [2.75, 3.05) is 0 Å². The summed E-state index contributed by atoms with van der Waals surface area (Å²) < 4.78 is 0.966. The maximum atomic E-state index is 12.5. The van der Waals surface area contributed by atoms with E-state index in [1.165, 1.54) is 0 Å². The fraction of sp³-hybridized carbons (Fsp3) is 0.111. The molecular weight excluding hydrogens is 326 g/mol. The fourth-order valence-electron chi connectivity index (χ4n) is 2.35. The van der Waals surface area contributed by atoms with Crippen LogP contribution in [0.4, 0.5) is 0 Å². The fourth-order valence-corrected chi connectivity index (χ4v) is 2.73. The first-order valence-electron chi connectivity index (χ1n) is 6.77. The molecule has 0 amide bonds. The van der Waals surface area contributed by atoms with Crippen molar-refractivity contribution in [1.29, 1.82) is 0 Å². The Morgan fingerprint density at radius 2 is 1.95 bits per heavy atom. The van der Waals surface area contributed by atoms with Gasteiger partial charge in [0.2, 0.25) is 0 Å². The molecule has 0 spiro atoms. The number of nitrogens with zero attached hydrogens (tertiary/aromatic N) is 1. The van der Waals surface area contributed by atoms with Crippen LogP contribution in [0.1, 0.15) is 21.5 Å². The van der Waals surface area contributed by atoms with E-state index in [1.54, 1.807) is 6.20 Å². The highest BCUT2D eigenvalue weighted by Crippen LogP contribution is 2.21. The van der Waals surface area contributed by atoms with Crippen LogP contribution >= 0.6 is 15.9 Å². The minimum Gasteiger partial charge on any atom is -0.294 e. The number of Topliss-reactive ketones (excluding diaryl/α,β-unsaturated/α-hetero) is 1. The molecule has 0 fully saturated rings. The number of para-hydroxylation sites is 1. The van der Waals surface area contributed by atoms with Gasteiger partial charge >= 0.3 is 0 Å². The topological polar surface area (TPSA) is 30.0 Å². The Hall–Kier alpha value is -2.00. The van der Waals surface area contributed by atoms with Crippen molar-refractivity contribution in [3.8, 4) is 0 Å². The lowest BCUT2D eigenvalue weighted by Gasteiger charge is -2.07. The number of hydrogen-bond donors (Lipinski definition) is 0. The quantitative estimate of drug-likeness (QED) is 0.645. The Labute approximate surface area is 132 Å². The molecule has 2 aromatic carbocycles. The summed E-state index contributed by atoms with van der Waals surface area (Å²) in [6.45, 7) is 2.01. The van der Waals surface area contributed by atoms with Crippen LogP contribution in [0, 0.1) is 6.92 Å². The molecule has 0 aliphatic rings. The maximum absolute atomic E-state index is 12.5. The van der Waals surface area contributed by atoms with Gasteiger partial charge in [-0.3, -0.25) is 9.78 Å². The molecule has 0 N–H and O–H groups in total. The number of pyridine rings is 1. The van der Waals surface area contributed by atoms with Crippen LogP contribution in [-0.2, 0) is 6.42 Å². The van der Waals surface area contributed by atoms with Crippen molar-refractivity contribution in [2.24, 2.45) is 0 Å². The van der Waals surface area contributed by atoms with Gasteiger partial charge in [-0.25, -0.2) is 0 Å². The summed E-state index contributed by atoms with van der Waals surface area (Å²) in [6, 6.07) is 15.6. The second-order valence-corrected chi connectivity index (χ2v) is 5.91. The van der Waals surface area contributed by atoms with Gasteiger partial charge in [0.05, 0.1) is 5.52 Å². The van der Waals surface area contributed by atoms with E-state index in [0.29, 0.717) is 6.42 Å². The Kier molecular flexibility index (Phi) is 3.84. The average molecular weight is 340 g/mol. The molecule has 3 heteroatoms. The Morgan fingerprint density at radius 1 is 1.14 bits per heavy atom. The van der Waals surface area contributed by atoms with Gasteiger partial charge in [-0.2, -0.15) is 0 Å². The van der Waals surface area contributed by atoms with Gasteiger partial charge in [0.15, 0.2) is 5.78 Å². The molecule has 0 saturated carbocycles. The van der Waals surface area contributed by atoms with Crippen molar-refractivity contribution >= 4 is 32.6 Å². The number of aromatic nitrogens is 1. The summed E-state index contributed by atoms with van der Waals surface area (Å²) in [5.74, 6) is 0.118. The van der Waals surface area contributed by atoms with Crippen molar-refractivity contribution in [1.82, 2.24) is 4.98 Å². The van der Waals surface area contributed by atoms with Gasteiger partial charge in [-0.1, -0.05) is 46.3 Å². The lowest BCUT2D eigenvalue weighted by atomic mass is 9.99. The molecule has 0 bridgehead atoms. The summed E-state index contributed by atoms with van der Waals surface area (Å²) in [5.41, 5.74) is 3.80. The molecule has 21 heavy (non-hydrogen) atoms. The average Bonchev–Trinajstić information content (AvgIpc) is 2.50. The highest BCUT2D eigenvalue weighted by Gasteiger charge is 2.10. The predicted molar refractivity (Wildman–Crippen MR) is 88.7 cm³/mol. The second kappa shape index (κ2) is 5.78. The van der Waals surface area contributed by atoms with Crippen LogP contribution < -0.4 is 0 Å². The van der Waals surface area contributed by atoms with Crippen LogP contribution in [-0.4, -0.2) is 10.8 Å². The first-order chi connectivity index (χ1) is 10.1. The normalized spacial score (nSPS) is 10.8. The molecule has 3 rings (SSSR count). The number of rotatable bonds is 3. The van der Waals surface area contributed by atoms with E-state index in [1.807, 2.05) is 55.5 Å². The zero-order chi connectivity index (χ0) is 14.8. The molecule has 2 nitrogen and oxygen atoms in total. The van der Waals surface area contributed by atoms with Crippen molar-refractivity contribution < 1.29 is 4.79 Å². The molecule has 3 aromatic rings. The van der Waals surface area contributed by atoms with Crippen LogP contribution in [0.15, 0.2) is 59.2 Å². The van der Waals surface area contributed by atoms with Crippen LogP contribution in [0.5, 0.6) is 0 Å². The van der Waals surface area contributed by atoms with E-state index in [9.17, 15) is 4.79 Å². The number of carbonyl (C=O) groups excluding carboxylic acids is 1. The monoisotopic (exact) mass is 339 g/mol. The van der Waals surface area contributed by atoms with E-state index in [2.05, 4.69) is 20.9 Å². The number of aryl methyl sites for hydroxylation is 1. The van der Waals surface area contributed by atoms with E-state index in [0.717, 1.165) is 32.1 Å². The molecule has 0 radical (unpaired) electrons. The maximum Gasteiger partial charge on any atom is 0.167 e. The third-order valence-electron chi connectivity index (χ3n) is 3.58. The summed E-state index contributed by atoms with van der Waals surface area (Å²) in [6.07, 6.45) is 2.15. The summed E-state index contributed by atoms with van der Waals surface area (Å²) in [4.78, 5) is 16.8. The first kappa shape index (κ1) is 14.0. The van der Waals surface area contributed by atoms with E-state index < -0.39 is 0 Å². The van der Waals surface area contributed by atoms with Gasteiger partial charge in [0, 0.05) is 28.0 Å². The SMILES string of the molecule is Cc1ccc(C(=O)Cc2ccnc3ccccc23)cc1Br. The highest BCUT2D eigenvalue weighted by atomic mass is 79.9. The number of hydrogen-bond acceptors (Lipinski definition) is 2. The first-order valence-corrected chi connectivity index (χ1v) is 7.56. The summed E-state index contributed by atoms with van der Waals surface area (Å²) in [5, 5.41) is 1.04. The predicted octanol–water partition coefficient (Wildman–Crippen LogP) is 4.73. The summed E-state index contributed by atoms with van der Waals surface area (Å²) in [7, 11) is 0. The Bertz CT molecular complexity index is 821. The number of ketones is 1. The van der Waals surface area contributed by atoms with Gasteiger partial charge < -0.3 is 0 Å². The van der Waals surface area contributed by atoms with Crippen molar-refractivity contribution in [2.45, 2.75) is 13.3 Å². The smallest absolute Gasteiger partial charge is 0.167 e. The van der Waals surface area contributed by atoms with Gasteiger partial charge in [0.25, 0.3) is 0 Å². The Morgan fingerprint density at radius 3 is 2.76 bits per heavy atom. The second-order valence-electron chi connectivity index (χ2n) is 5.05. The minimum absolute atomic E-state index is 0.118. The Balaban J connectivity index is 1.94. The minimum atomic E-state index is 0.118. The third kappa shape index (κ3) is 2.88. The van der Waals surface area contributed by atoms with Gasteiger partial charge in [-0.05, 0) is 36.2 Å². The zero-order valence-corrected chi connectivity index (χ0v) is 13.2. The van der Waals surface area contributed by atoms with Crippen molar-refractivity contribution in [3.05, 3.63) is 75.9 Å². The summed E-state index contributed by atoms with van der Waals surface area (Å²) >= 11 is 3.48. The molecular formula is C18H14BrNO. The molecule has 0 unspecified atom stereocenters. The molecule has 104 valence electrons. The lowest BCUT2D eigenvalue weighted by molar-refractivity contribution is 0.0993. The van der Waals surface area contributed by atoms with Crippen LogP contribution in [0.25, 0.3) is 10.9 Å². The molecule has 0 aliphatic carbocycles. The molecule has 1 aromatic heterocycles. The zero-order valence-electron chi connectivity index (χ0n) is 11.6. The largest absolute Gasteiger partial charge is 0.294 e. The van der Waals surface area contributed by atoms with Crippen LogP contribution in [0.3, 0.4) is 0 Å². The van der Waals surface area contributed by atoms with Gasteiger partial charge in [-0.15, -0.1) is 0 Å². The number of benzene rings is 2. The number of carbonyl (C=O) groups is 1. The third-order valence-corrected chi connectivity index (χ3v) is 4.44. The van der Waals surface area contributed by atoms with Crippen LogP contribution in [0.2, 0.25) is 0 Å². The molecule has 0 atom stereocenters. The number of fused-ring (bicyclic) bond motifs is 1. The molecule has 0 saturated heterocycles. The standard InChI is InChI=1S/C18H14BrNO/c1-12-6-7-14(10-16(12)19)18(21)11-13-8-9-20-17-5-3-2-4-15(13)17/h2-10H,11H2,1H3. The van der Waals surface area contributed by atoms with Crippen molar-refractivity contribution in [3.63, 3.8) is 0 Å². The van der Waals surface area contributed by atoms with E-state index >= 15 is 0 Å².